The van der Waals surface area contributed by atoms with Crippen LogP contribution < -0.4 is 4.74 Å². The summed E-state index contributed by atoms with van der Waals surface area (Å²) in [6, 6.07) is 3.17. The van der Waals surface area contributed by atoms with Crippen molar-refractivity contribution in [2.45, 2.75) is 19.4 Å². The lowest BCUT2D eigenvalue weighted by atomic mass is 10.2. The second-order valence-corrected chi connectivity index (χ2v) is 3.86. The number of benzene rings is 1. The molecule has 17 heavy (non-hydrogen) atoms. The Labute approximate surface area is 115 Å². The van der Waals surface area contributed by atoms with Crippen LogP contribution in [0.1, 0.15) is 19.2 Å². The molecule has 2 aromatic rings. The number of likely N-dealkylation sites (N-methyl/N-ethyl adjacent to an activating group) is 1. The summed E-state index contributed by atoms with van der Waals surface area (Å²) in [6.45, 7) is -5.54. The Balaban J connectivity index is 2.58. The topological polar surface area (TPSA) is 17.4 Å². The fourth-order valence-corrected chi connectivity index (χ4v) is 1.50. The van der Waals surface area contributed by atoms with E-state index in [2.05, 4.69) is 0 Å². The van der Waals surface area contributed by atoms with Crippen LogP contribution in [0.15, 0.2) is 30.5 Å². The van der Waals surface area contributed by atoms with Gasteiger partial charge in [-0.1, -0.05) is 0 Å². The van der Waals surface area contributed by atoms with E-state index in [1.165, 1.54) is 44.6 Å². The minimum absolute atomic E-state index is 0.0800. The fourth-order valence-electron chi connectivity index (χ4n) is 1.50. The number of hydrogen-bond donors (Lipinski definition) is 0. The third-order valence-corrected chi connectivity index (χ3v) is 2.45. The molecule has 0 spiro atoms. The van der Waals surface area contributed by atoms with Crippen molar-refractivity contribution in [3.63, 3.8) is 0 Å². The molecule has 0 unspecified atom stereocenters. The molecule has 0 aliphatic heterocycles. The molecule has 0 aliphatic rings. The first-order chi connectivity index (χ1) is 11.6. The molecule has 0 saturated carbocycles. The van der Waals surface area contributed by atoms with Crippen LogP contribution in [0.3, 0.4) is 0 Å². The molecule has 3 nitrogen and oxygen atoms in total. The molecule has 1 atom stereocenters. The zero-order chi connectivity index (χ0) is 20.1. The number of fused-ring (bicyclic) bond motifs is 1. The predicted octanol–water partition coefficient (Wildman–Crippen LogP) is 2.60. The van der Waals surface area contributed by atoms with E-state index in [-0.39, 0.29) is 5.75 Å². The molecule has 2 rings (SSSR count). The molecule has 0 bridgehead atoms. The van der Waals surface area contributed by atoms with E-state index >= 15 is 0 Å². The summed E-state index contributed by atoms with van der Waals surface area (Å²) < 4.78 is 75.6. The van der Waals surface area contributed by atoms with E-state index in [0.717, 1.165) is 9.47 Å². The van der Waals surface area contributed by atoms with Crippen molar-refractivity contribution in [2.24, 2.45) is 0 Å². The lowest BCUT2D eigenvalue weighted by Gasteiger charge is -2.20. The van der Waals surface area contributed by atoms with Gasteiger partial charge in [0.05, 0.1) is 13.9 Å². The molecule has 3 heteroatoms. The van der Waals surface area contributed by atoms with Gasteiger partial charge in [-0.2, -0.15) is 0 Å². The highest BCUT2D eigenvalue weighted by atomic mass is 16.5. The predicted molar refractivity (Wildman–Crippen MR) is 71.6 cm³/mol. The first-order valence-corrected chi connectivity index (χ1v) is 5.09. The second kappa shape index (κ2) is 4.80. The minimum Gasteiger partial charge on any atom is -0.497 e. The highest BCUT2D eigenvalue weighted by Gasteiger charge is 2.08. The van der Waals surface area contributed by atoms with Crippen molar-refractivity contribution in [3.05, 3.63) is 30.5 Å². The van der Waals surface area contributed by atoms with Crippen molar-refractivity contribution < 1.29 is 17.1 Å². The van der Waals surface area contributed by atoms with Crippen LogP contribution in [-0.4, -0.2) is 36.6 Å². The summed E-state index contributed by atoms with van der Waals surface area (Å²) in [5.41, 5.74) is 0.315. The molecule has 0 aliphatic carbocycles. The van der Waals surface area contributed by atoms with Crippen LogP contribution in [0.4, 0.5) is 0 Å². The Bertz CT molecular complexity index is 794. The summed E-state index contributed by atoms with van der Waals surface area (Å²) in [5.74, 6) is 0.0800. The maximum Gasteiger partial charge on any atom is 0.119 e. The van der Waals surface area contributed by atoms with Crippen LogP contribution in [0, 0.1) is 0 Å². The molecular formula is C14H20N2O. The van der Waals surface area contributed by atoms with Gasteiger partial charge >= 0.3 is 0 Å². The van der Waals surface area contributed by atoms with Gasteiger partial charge in [0.1, 0.15) is 5.75 Å². The number of aromatic nitrogens is 1. The van der Waals surface area contributed by atoms with Gasteiger partial charge in [-0.3, -0.25) is 0 Å². The number of methoxy groups -OCH3 is 1. The molecule has 1 aromatic carbocycles. The van der Waals surface area contributed by atoms with Gasteiger partial charge in [0.25, 0.3) is 0 Å². The molecule has 0 radical (unpaired) electrons. The van der Waals surface area contributed by atoms with Crippen molar-refractivity contribution in [3.8, 4) is 5.75 Å². The van der Waals surface area contributed by atoms with Gasteiger partial charge in [-0.25, -0.2) is 0 Å². The van der Waals surface area contributed by atoms with E-state index in [0.29, 0.717) is 10.9 Å². The Morgan fingerprint density at radius 2 is 2.41 bits per heavy atom. The van der Waals surface area contributed by atoms with Gasteiger partial charge in [0, 0.05) is 35.1 Å². The largest absolute Gasteiger partial charge is 0.497 e. The van der Waals surface area contributed by atoms with Gasteiger partial charge < -0.3 is 14.2 Å². The van der Waals surface area contributed by atoms with Crippen molar-refractivity contribution in [1.82, 2.24) is 9.47 Å². The van der Waals surface area contributed by atoms with Crippen LogP contribution >= 0.6 is 0 Å². The molecule has 0 amide bonds. The van der Waals surface area contributed by atoms with Crippen LogP contribution in [-0.2, 0) is 6.50 Å². The summed E-state index contributed by atoms with van der Waals surface area (Å²) in [4.78, 5) is 1.03. The van der Waals surface area contributed by atoms with Crippen molar-refractivity contribution >= 4 is 10.9 Å². The van der Waals surface area contributed by atoms with Crippen LogP contribution in [0.2, 0.25) is 0 Å². The Hall–Kier alpha value is -1.48. The Morgan fingerprint density at radius 3 is 3.12 bits per heavy atom. The lowest BCUT2D eigenvalue weighted by molar-refractivity contribution is 0.286. The lowest BCUT2D eigenvalue weighted by Crippen LogP contribution is -2.28. The Kier molecular flexibility index (Phi) is 1.42. The molecule has 92 valence electrons. The maximum atomic E-state index is 8.42. The standard InChI is InChI=1S/C14H20N2O/c1-11(15(2)3)10-16-8-7-12-9-13(17-4)5-6-14(12)16/h5-9,11H,10H2,1-4H3/t11-/m1/s1/i1D3,4D3,10D2,11D. The van der Waals surface area contributed by atoms with E-state index < -0.39 is 26.4 Å². The monoisotopic (exact) mass is 241 g/mol. The van der Waals surface area contributed by atoms with Crippen LogP contribution in [0.25, 0.3) is 10.9 Å². The maximum absolute atomic E-state index is 8.42. The molecule has 1 aromatic heterocycles. The third-order valence-electron chi connectivity index (χ3n) is 2.45. The fraction of sp³-hybridized carbons (Fsp3) is 0.429. The first-order valence-electron chi connectivity index (χ1n) is 9.59. The van der Waals surface area contributed by atoms with Gasteiger partial charge in [-0.15, -0.1) is 0 Å². The molecule has 0 fully saturated rings. The third kappa shape index (κ3) is 2.44. The summed E-state index contributed by atoms with van der Waals surface area (Å²) in [6.07, 6.45) is 1.34. The Morgan fingerprint density at radius 1 is 1.53 bits per heavy atom. The number of rotatable bonds is 4. The summed E-state index contributed by atoms with van der Waals surface area (Å²) in [5, 5.41) is 0.460. The van der Waals surface area contributed by atoms with E-state index in [1.807, 2.05) is 0 Å². The highest BCUT2D eigenvalue weighted by molar-refractivity contribution is 5.81. The molecule has 0 N–H and O–H groups in total. The molecule has 1 heterocycles. The number of nitrogens with zero attached hydrogens (tertiary/aromatic N) is 2. The minimum atomic E-state index is -2.93. The van der Waals surface area contributed by atoms with Crippen molar-refractivity contribution in [2.75, 3.05) is 21.1 Å². The molecule has 0 saturated heterocycles. The van der Waals surface area contributed by atoms with Crippen molar-refractivity contribution in [1.29, 1.82) is 0 Å². The van der Waals surface area contributed by atoms with Gasteiger partial charge in [0.2, 0.25) is 0 Å². The molecular weight excluding hydrogens is 212 g/mol. The summed E-state index contributed by atoms with van der Waals surface area (Å²) >= 11 is 0. The normalized spacial score (nSPS) is 25.2. The average Bonchev–Trinajstić information content (AvgIpc) is 2.86. The zero-order valence-corrected chi connectivity index (χ0v) is 9.69. The average molecular weight is 241 g/mol. The van der Waals surface area contributed by atoms with Gasteiger partial charge in [-0.05, 0) is 45.2 Å². The van der Waals surface area contributed by atoms with E-state index in [9.17, 15) is 0 Å². The van der Waals surface area contributed by atoms with Crippen LogP contribution in [0.5, 0.6) is 5.75 Å². The number of ether oxygens (including phenoxy) is 1. The second-order valence-electron chi connectivity index (χ2n) is 3.86. The number of hydrogen-bond acceptors (Lipinski definition) is 2. The van der Waals surface area contributed by atoms with Gasteiger partial charge in [0.15, 0.2) is 0 Å². The smallest absolute Gasteiger partial charge is 0.119 e. The highest BCUT2D eigenvalue weighted by Crippen LogP contribution is 2.22. The van der Waals surface area contributed by atoms with E-state index in [4.69, 9.17) is 17.1 Å². The zero-order valence-electron chi connectivity index (χ0n) is 18.7. The quantitative estimate of drug-likeness (QED) is 0.818. The summed E-state index contributed by atoms with van der Waals surface area (Å²) in [7, 11) is 0.0592. The first kappa shape index (κ1) is 5.02. The SMILES string of the molecule is [2H]C([2H])([2H])Oc1ccc2c(ccn2C([2H])([2H])[C@]([2H])(N(C)C)C([2H])([2H])[2H])c1. The van der Waals surface area contributed by atoms with E-state index in [1.54, 1.807) is 0 Å².